The number of fused-ring (bicyclic) bond motifs is 10. The maximum absolute atomic E-state index is 6.89. The molecule has 55 heavy (non-hydrogen) atoms. The summed E-state index contributed by atoms with van der Waals surface area (Å²) in [5.41, 5.74) is 11.8. The standard InChI is InChI=1S/C49H29N3O3/c1-3-13-30(14-4-1)49-50-38-29-45-37(28-46(38)55-49)35-19-11-22-41(48(35)54-45)52(40-21-12-24-44-47(40)36-18-8-10-23-43(36)53-44)32-25-26-34-33-17-7-9-20-39(33)51(42(34)27-32)31-15-5-2-6-16-31/h1-29H. The molecule has 0 aliphatic rings. The number of oxazole rings is 1. The third kappa shape index (κ3) is 4.46. The van der Waals surface area contributed by atoms with E-state index < -0.39 is 0 Å². The Balaban J connectivity index is 1.14. The summed E-state index contributed by atoms with van der Waals surface area (Å²) in [7, 11) is 0. The van der Waals surface area contributed by atoms with Crippen LogP contribution in [-0.4, -0.2) is 9.55 Å². The Labute approximate surface area is 313 Å². The predicted octanol–water partition coefficient (Wildman–Crippen LogP) is 13.9. The van der Waals surface area contributed by atoms with Crippen LogP contribution in [0.5, 0.6) is 0 Å². The van der Waals surface area contributed by atoms with Gasteiger partial charge in [-0.1, -0.05) is 97.1 Å². The normalized spacial score (nSPS) is 12.0. The number of aromatic nitrogens is 2. The van der Waals surface area contributed by atoms with E-state index in [1.807, 2.05) is 54.6 Å². The van der Waals surface area contributed by atoms with E-state index >= 15 is 0 Å². The molecule has 0 radical (unpaired) electrons. The van der Waals surface area contributed by atoms with Gasteiger partial charge in [0.1, 0.15) is 22.3 Å². The monoisotopic (exact) mass is 707 g/mol. The van der Waals surface area contributed by atoms with Gasteiger partial charge in [0.05, 0.1) is 27.8 Å². The van der Waals surface area contributed by atoms with Crippen LogP contribution in [0.2, 0.25) is 0 Å². The molecule has 8 aromatic carbocycles. The molecule has 6 heteroatoms. The van der Waals surface area contributed by atoms with Crippen molar-refractivity contribution >= 4 is 93.8 Å². The maximum atomic E-state index is 6.89. The van der Waals surface area contributed by atoms with Crippen molar-refractivity contribution in [3.8, 4) is 17.1 Å². The van der Waals surface area contributed by atoms with Crippen molar-refractivity contribution in [3.63, 3.8) is 0 Å². The van der Waals surface area contributed by atoms with Gasteiger partial charge >= 0.3 is 0 Å². The molecule has 0 atom stereocenters. The van der Waals surface area contributed by atoms with Gasteiger partial charge in [-0.3, -0.25) is 0 Å². The van der Waals surface area contributed by atoms with E-state index in [2.05, 4.69) is 131 Å². The Morgan fingerprint density at radius 3 is 2.04 bits per heavy atom. The highest BCUT2D eigenvalue weighted by atomic mass is 16.4. The van der Waals surface area contributed by atoms with Crippen LogP contribution in [0.4, 0.5) is 17.1 Å². The zero-order chi connectivity index (χ0) is 36.0. The first-order chi connectivity index (χ1) is 27.3. The molecule has 0 bridgehead atoms. The van der Waals surface area contributed by atoms with Crippen molar-refractivity contribution in [1.29, 1.82) is 0 Å². The molecular formula is C49H29N3O3. The topological polar surface area (TPSA) is 60.5 Å². The van der Waals surface area contributed by atoms with Crippen molar-refractivity contribution in [2.45, 2.75) is 0 Å². The first-order valence-electron chi connectivity index (χ1n) is 18.4. The quantitative estimate of drug-likeness (QED) is 0.178. The van der Waals surface area contributed by atoms with E-state index in [0.29, 0.717) is 11.5 Å². The lowest BCUT2D eigenvalue weighted by atomic mass is 10.1. The second-order valence-corrected chi connectivity index (χ2v) is 13.9. The lowest BCUT2D eigenvalue weighted by Gasteiger charge is -2.26. The van der Waals surface area contributed by atoms with E-state index in [4.69, 9.17) is 18.2 Å². The molecule has 6 nitrogen and oxygen atoms in total. The van der Waals surface area contributed by atoms with E-state index in [1.165, 1.54) is 10.8 Å². The maximum Gasteiger partial charge on any atom is 0.227 e. The fourth-order valence-electron chi connectivity index (χ4n) is 8.39. The van der Waals surface area contributed by atoms with E-state index in [1.54, 1.807) is 0 Å². The molecule has 0 aliphatic carbocycles. The molecule has 0 aliphatic heterocycles. The first kappa shape index (κ1) is 29.9. The van der Waals surface area contributed by atoms with Crippen molar-refractivity contribution in [3.05, 3.63) is 176 Å². The van der Waals surface area contributed by atoms with E-state index in [-0.39, 0.29) is 0 Å². The van der Waals surface area contributed by atoms with Crippen molar-refractivity contribution in [1.82, 2.24) is 9.55 Å². The van der Waals surface area contributed by atoms with Crippen molar-refractivity contribution in [2.75, 3.05) is 4.90 Å². The summed E-state index contributed by atoms with van der Waals surface area (Å²) in [5.74, 6) is 0.586. The van der Waals surface area contributed by atoms with Gasteiger partial charge in [-0.05, 0) is 72.8 Å². The summed E-state index contributed by atoms with van der Waals surface area (Å²) >= 11 is 0. The lowest BCUT2D eigenvalue weighted by Crippen LogP contribution is -2.11. The molecular weight excluding hydrogens is 679 g/mol. The molecule has 0 N–H and O–H groups in total. The molecule has 258 valence electrons. The number of hydrogen-bond acceptors (Lipinski definition) is 5. The Bertz CT molecular complexity index is 3440. The van der Waals surface area contributed by atoms with Gasteiger partial charge in [0.2, 0.25) is 5.89 Å². The number of para-hydroxylation sites is 4. The third-order valence-electron chi connectivity index (χ3n) is 10.8. The van der Waals surface area contributed by atoms with Gasteiger partial charge in [0.15, 0.2) is 11.2 Å². The summed E-state index contributed by atoms with van der Waals surface area (Å²) < 4.78 is 22.0. The first-order valence-corrected chi connectivity index (χ1v) is 18.4. The van der Waals surface area contributed by atoms with E-state index in [9.17, 15) is 0 Å². The smallest absolute Gasteiger partial charge is 0.227 e. The Morgan fingerprint density at radius 2 is 1.15 bits per heavy atom. The Kier molecular flexibility index (Phi) is 6.24. The average Bonchev–Trinajstić information content (AvgIpc) is 4.01. The van der Waals surface area contributed by atoms with Crippen LogP contribution in [0.25, 0.3) is 93.9 Å². The van der Waals surface area contributed by atoms with Crippen LogP contribution in [0, 0.1) is 0 Å². The van der Waals surface area contributed by atoms with Crippen LogP contribution in [0.1, 0.15) is 0 Å². The van der Waals surface area contributed by atoms with Crippen LogP contribution in [0.3, 0.4) is 0 Å². The summed E-state index contributed by atoms with van der Waals surface area (Å²) in [6.45, 7) is 0. The molecule has 12 rings (SSSR count). The number of rotatable bonds is 5. The average molecular weight is 708 g/mol. The van der Waals surface area contributed by atoms with Crippen LogP contribution < -0.4 is 4.90 Å². The lowest BCUT2D eigenvalue weighted by molar-refractivity contribution is 0.620. The Hall–Kier alpha value is -7.57. The van der Waals surface area contributed by atoms with E-state index in [0.717, 1.165) is 88.7 Å². The van der Waals surface area contributed by atoms with Gasteiger partial charge in [0, 0.05) is 49.9 Å². The molecule has 4 heterocycles. The molecule has 0 spiro atoms. The highest BCUT2D eigenvalue weighted by Crippen LogP contribution is 2.48. The number of furan rings is 2. The van der Waals surface area contributed by atoms with Crippen molar-refractivity contribution in [2.24, 2.45) is 0 Å². The number of nitrogens with zero attached hydrogens (tertiary/aromatic N) is 3. The Morgan fingerprint density at radius 1 is 0.436 bits per heavy atom. The minimum Gasteiger partial charge on any atom is -0.456 e. The minimum absolute atomic E-state index is 0.586. The molecule has 0 fully saturated rings. The highest BCUT2D eigenvalue weighted by Gasteiger charge is 2.25. The fourth-order valence-corrected chi connectivity index (χ4v) is 8.39. The number of anilines is 3. The predicted molar refractivity (Wildman–Crippen MR) is 223 cm³/mol. The number of hydrogen-bond donors (Lipinski definition) is 0. The summed E-state index contributed by atoms with van der Waals surface area (Å²) in [6.07, 6.45) is 0. The second-order valence-electron chi connectivity index (χ2n) is 13.9. The summed E-state index contributed by atoms with van der Waals surface area (Å²) in [6, 6.07) is 60.9. The molecule has 0 amide bonds. The van der Waals surface area contributed by atoms with Gasteiger partial charge in [0.25, 0.3) is 0 Å². The molecule has 4 aromatic heterocycles. The largest absolute Gasteiger partial charge is 0.456 e. The summed E-state index contributed by atoms with van der Waals surface area (Å²) in [5, 5.41) is 6.42. The van der Waals surface area contributed by atoms with Gasteiger partial charge in [-0.25, -0.2) is 4.98 Å². The molecule has 12 aromatic rings. The second kappa shape index (κ2) is 11.5. The molecule has 0 saturated heterocycles. The third-order valence-corrected chi connectivity index (χ3v) is 10.8. The zero-order valence-electron chi connectivity index (χ0n) is 29.3. The number of benzene rings is 8. The van der Waals surface area contributed by atoms with Gasteiger partial charge in [-0.15, -0.1) is 0 Å². The van der Waals surface area contributed by atoms with Crippen LogP contribution in [-0.2, 0) is 0 Å². The van der Waals surface area contributed by atoms with Crippen molar-refractivity contribution < 1.29 is 13.3 Å². The van der Waals surface area contributed by atoms with Crippen LogP contribution in [0.15, 0.2) is 189 Å². The SMILES string of the molecule is c1ccc(-c2nc3cc4oc5c(N(c6ccc7c8ccccc8n(-c8ccccc8)c7c6)c6cccc7oc8ccccc8c67)cccc5c4cc3o2)cc1. The molecule has 0 saturated carbocycles. The fraction of sp³-hybridized carbons (Fsp3) is 0. The summed E-state index contributed by atoms with van der Waals surface area (Å²) in [4.78, 5) is 7.16. The minimum atomic E-state index is 0.586. The van der Waals surface area contributed by atoms with Gasteiger partial charge < -0.3 is 22.7 Å². The highest BCUT2D eigenvalue weighted by molar-refractivity contribution is 6.18. The molecule has 0 unspecified atom stereocenters. The van der Waals surface area contributed by atoms with Gasteiger partial charge in [-0.2, -0.15) is 0 Å². The zero-order valence-corrected chi connectivity index (χ0v) is 29.3. The van der Waals surface area contributed by atoms with Crippen LogP contribution >= 0.6 is 0 Å².